The maximum Gasteiger partial charge on any atom is 0.327 e. The van der Waals surface area contributed by atoms with Crippen molar-refractivity contribution in [2.45, 2.75) is 38.8 Å². The Morgan fingerprint density at radius 3 is 2.43 bits per heavy atom. The monoisotopic (exact) mass is 304 g/mol. The summed E-state index contributed by atoms with van der Waals surface area (Å²) in [6.45, 7) is 9.30. The largest absolute Gasteiger partial charge is 0.468 e. The van der Waals surface area contributed by atoms with E-state index in [1.807, 2.05) is 6.92 Å². The maximum absolute atomic E-state index is 12.2. The molecular weight excluding hydrogens is 272 g/mol. The molecule has 0 saturated carbocycles. The van der Waals surface area contributed by atoms with Gasteiger partial charge in [0, 0.05) is 33.4 Å². The van der Waals surface area contributed by atoms with Crippen LogP contribution in [0.1, 0.15) is 27.2 Å². The van der Waals surface area contributed by atoms with Crippen LogP contribution in [0.25, 0.3) is 0 Å². The molecule has 0 aromatic rings. The average Bonchev–Trinajstić information content (AvgIpc) is 2.48. The van der Waals surface area contributed by atoms with E-state index in [1.54, 1.807) is 14.2 Å². The fourth-order valence-corrected chi connectivity index (χ4v) is 2.24. The number of carbonyl (C=O) groups is 1. The molecule has 0 aliphatic rings. The van der Waals surface area contributed by atoms with E-state index < -0.39 is 5.54 Å². The van der Waals surface area contributed by atoms with Crippen molar-refractivity contribution in [1.29, 1.82) is 0 Å². The standard InChI is InChI=1S/C15H32N2O4/c1-7-8-16-15(3,14(18)21-6)12-17(9-10-19-4)13(2)11-20-5/h13,16H,7-12H2,1-6H3. The summed E-state index contributed by atoms with van der Waals surface area (Å²) < 4.78 is 15.4. The minimum Gasteiger partial charge on any atom is -0.468 e. The third-order valence-electron chi connectivity index (χ3n) is 3.53. The van der Waals surface area contributed by atoms with Crippen LogP contribution in [0, 0.1) is 0 Å². The fourth-order valence-electron chi connectivity index (χ4n) is 2.24. The Balaban J connectivity index is 4.95. The molecule has 6 nitrogen and oxygen atoms in total. The molecule has 0 aromatic heterocycles. The number of rotatable bonds is 12. The van der Waals surface area contributed by atoms with E-state index in [2.05, 4.69) is 24.1 Å². The minimum absolute atomic E-state index is 0.192. The van der Waals surface area contributed by atoms with Gasteiger partial charge < -0.3 is 19.5 Å². The lowest BCUT2D eigenvalue weighted by atomic mass is 10.0. The van der Waals surface area contributed by atoms with Crippen LogP contribution < -0.4 is 5.32 Å². The molecule has 1 N–H and O–H groups in total. The van der Waals surface area contributed by atoms with Crippen LogP contribution in [-0.2, 0) is 19.0 Å². The number of esters is 1. The quantitative estimate of drug-likeness (QED) is 0.541. The van der Waals surface area contributed by atoms with Gasteiger partial charge in [-0.2, -0.15) is 0 Å². The summed E-state index contributed by atoms with van der Waals surface area (Å²) in [5, 5.41) is 3.30. The molecule has 0 amide bonds. The van der Waals surface area contributed by atoms with Crippen LogP contribution in [0.2, 0.25) is 0 Å². The molecule has 0 rings (SSSR count). The van der Waals surface area contributed by atoms with Gasteiger partial charge in [-0.25, -0.2) is 0 Å². The summed E-state index contributed by atoms with van der Waals surface area (Å²) in [6.07, 6.45) is 0.957. The molecule has 21 heavy (non-hydrogen) atoms. The van der Waals surface area contributed by atoms with E-state index in [9.17, 15) is 4.79 Å². The number of nitrogens with one attached hydrogen (secondary N) is 1. The first kappa shape index (κ1) is 20.3. The highest BCUT2D eigenvalue weighted by molar-refractivity contribution is 5.80. The molecule has 2 unspecified atom stereocenters. The number of nitrogens with zero attached hydrogens (tertiary/aromatic N) is 1. The molecule has 2 atom stereocenters. The van der Waals surface area contributed by atoms with Crippen LogP contribution in [0.3, 0.4) is 0 Å². The Bertz CT molecular complexity index is 289. The number of carbonyl (C=O) groups excluding carboxylic acids is 1. The van der Waals surface area contributed by atoms with Gasteiger partial charge in [0.2, 0.25) is 0 Å². The van der Waals surface area contributed by atoms with Gasteiger partial charge >= 0.3 is 5.97 Å². The first-order chi connectivity index (χ1) is 9.95. The highest BCUT2D eigenvalue weighted by atomic mass is 16.5. The van der Waals surface area contributed by atoms with Crippen LogP contribution in [0.4, 0.5) is 0 Å². The van der Waals surface area contributed by atoms with E-state index in [0.29, 0.717) is 19.8 Å². The van der Waals surface area contributed by atoms with Crippen molar-refractivity contribution in [2.75, 3.05) is 54.2 Å². The van der Waals surface area contributed by atoms with Crippen LogP contribution in [-0.4, -0.2) is 76.6 Å². The summed E-state index contributed by atoms with van der Waals surface area (Å²) in [5.41, 5.74) is -0.736. The Morgan fingerprint density at radius 1 is 1.29 bits per heavy atom. The van der Waals surface area contributed by atoms with E-state index in [0.717, 1.165) is 19.5 Å². The lowest BCUT2D eigenvalue weighted by molar-refractivity contribution is -0.149. The molecule has 0 bridgehead atoms. The van der Waals surface area contributed by atoms with Crippen LogP contribution in [0.15, 0.2) is 0 Å². The Kier molecular flexibility index (Phi) is 10.6. The number of hydrogen-bond acceptors (Lipinski definition) is 6. The number of ether oxygens (including phenoxy) is 3. The number of hydrogen-bond donors (Lipinski definition) is 1. The van der Waals surface area contributed by atoms with Gasteiger partial charge in [0.15, 0.2) is 0 Å². The van der Waals surface area contributed by atoms with E-state index >= 15 is 0 Å². The summed E-state index contributed by atoms with van der Waals surface area (Å²) in [6, 6.07) is 0.192. The molecule has 126 valence electrons. The predicted octanol–water partition coefficient (Wildman–Crippen LogP) is 0.901. The first-order valence-electron chi connectivity index (χ1n) is 7.50. The molecule has 0 heterocycles. The molecule has 0 aromatic carbocycles. The molecule has 0 aliphatic heterocycles. The van der Waals surface area contributed by atoms with Gasteiger partial charge in [0.05, 0.1) is 20.3 Å². The van der Waals surface area contributed by atoms with Crippen molar-refractivity contribution in [2.24, 2.45) is 0 Å². The van der Waals surface area contributed by atoms with Crippen LogP contribution >= 0.6 is 0 Å². The SMILES string of the molecule is CCCNC(C)(CN(CCOC)C(C)COC)C(=O)OC. The van der Waals surface area contributed by atoms with Crippen molar-refractivity contribution in [3.05, 3.63) is 0 Å². The third-order valence-corrected chi connectivity index (χ3v) is 3.53. The Morgan fingerprint density at radius 2 is 1.95 bits per heavy atom. The van der Waals surface area contributed by atoms with Crippen molar-refractivity contribution in [1.82, 2.24) is 10.2 Å². The number of methoxy groups -OCH3 is 3. The second-order valence-electron chi connectivity index (χ2n) is 5.52. The van der Waals surface area contributed by atoms with Gasteiger partial charge in [0.1, 0.15) is 5.54 Å². The van der Waals surface area contributed by atoms with E-state index in [1.165, 1.54) is 7.11 Å². The minimum atomic E-state index is -0.736. The Labute approximate surface area is 129 Å². The van der Waals surface area contributed by atoms with Gasteiger partial charge in [0.25, 0.3) is 0 Å². The molecule has 0 radical (unpaired) electrons. The van der Waals surface area contributed by atoms with Crippen LogP contribution in [0.5, 0.6) is 0 Å². The van der Waals surface area contributed by atoms with Gasteiger partial charge in [-0.1, -0.05) is 6.92 Å². The highest BCUT2D eigenvalue weighted by Crippen LogP contribution is 2.12. The topological polar surface area (TPSA) is 60.0 Å². The summed E-state index contributed by atoms with van der Waals surface area (Å²) in [5.74, 6) is -0.247. The normalized spacial score (nSPS) is 15.8. The zero-order chi connectivity index (χ0) is 16.3. The van der Waals surface area contributed by atoms with E-state index in [-0.39, 0.29) is 12.0 Å². The average molecular weight is 304 g/mol. The van der Waals surface area contributed by atoms with Crippen molar-refractivity contribution < 1.29 is 19.0 Å². The maximum atomic E-state index is 12.2. The molecule has 0 spiro atoms. The van der Waals surface area contributed by atoms with Crippen molar-refractivity contribution in [3.8, 4) is 0 Å². The predicted molar refractivity (Wildman–Crippen MR) is 83.5 cm³/mol. The zero-order valence-corrected chi connectivity index (χ0v) is 14.4. The Hall–Kier alpha value is -0.690. The fraction of sp³-hybridized carbons (Fsp3) is 0.933. The first-order valence-corrected chi connectivity index (χ1v) is 7.50. The van der Waals surface area contributed by atoms with Gasteiger partial charge in [-0.05, 0) is 26.8 Å². The third kappa shape index (κ3) is 7.22. The second-order valence-corrected chi connectivity index (χ2v) is 5.52. The van der Waals surface area contributed by atoms with Crippen molar-refractivity contribution >= 4 is 5.97 Å². The lowest BCUT2D eigenvalue weighted by Crippen LogP contribution is -2.59. The molecular formula is C15H32N2O4. The summed E-state index contributed by atoms with van der Waals surface area (Å²) in [7, 11) is 4.78. The molecule has 0 aliphatic carbocycles. The molecule has 0 saturated heterocycles. The molecule has 6 heteroatoms. The highest BCUT2D eigenvalue weighted by Gasteiger charge is 2.36. The second kappa shape index (κ2) is 11.0. The molecule has 0 fully saturated rings. The van der Waals surface area contributed by atoms with Crippen molar-refractivity contribution in [3.63, 3.8) is 0 Å². The summed E-state index contributed by atoms with van der Waals surface area (Å²) >= 11 is 0. The van der Waals surface area contributed by atoms with Gasteiger partial charge in [-0.15, -0.1) is 0 Å². The lowest BCUT2D eigenvalue weighted by Gasteiger charge is -2.37. The zero-order valence-electron chi connectivity index (χ0n) is 14.4. The smallest absolute Gasteiger partial charge is 0.327 e. The summed E-state index contributed by atoms with van der Waals surface area (Å²) in [4.78, 5) is 14.3. The van der Waals surface area contributed by atoms with Gasteiger partial charge in [-0.3, -0.25) is 9.69 Å². The van der Waals surface area contributed by atoms with E-state index in [4.69, 9.17) is 14.2 Å².